The third-order valence-electron chi connectivity index (χ3n) is 1.73. The van der Waals surface area contributed by atoms with E-state index in [-0.39, 0.29) is 6.42 Å². The van der Waals surface area contributed by atoms with Crippen LogP contribution in [-0.2, 0) is 4.79 Å². The van der Waals surface area contributed by atoms with E-state index >= 15 is 0 Å². The van der Waals surface area contributed by atoms with Gasteiger partial charge in [-0.3, -0.25) is 4.79 Å². The Bertz CT molecular complexity index is 440. The smallest absolute Gasteiger partial charge is 0.238 e. The number of aryl methyl sites for hydroxylation is 1. The van der Waals surface area contributed by atoms with Crippen LogP contribution in [0.3, 0.4) is 0 Å². The molecule has 0 radical (unpaired) electrons. The Morgan fingerprint density at radius 1 is 1.67 bits per heavy atom. The van der Waals surface area contributed by atoms with E-state index in [9.17, 15) is 9.18 Å². The van der Waals surface area contributed by atoms with Crippen molar-refractivity contribution in [2.75, 3.05) is 5.32 Å². The molecule has 1 rings (SSSR count). The van der Waals surface area contributed by atoms with E-state index in [0.717, 1.165) is 9.13 Å². The quantitative estimate of drug-likeness (QED) is 0.852. The van der Waals surface area contributed by atoms with Crippen molar-refractivity contribution in [2.24, 2.45) is 0 Å². The number of halogens is 2. The van der Waals surface area contributed by atoms with Crippen LogP contribution < -0.4 is 5.32 Å². The highest BCUT2D eigenvalue weighted by Gasteiger charge is 2.08. The number of rotatable bonds is 2. The lowest BCUT2D eigenvalue weighted by Gasteiger charge is -2.08. The molecule has 0 unspecified atom stereocenters. The number of benzene rings is 1. The molecular formula is C10H8FIN2O. The Morgan fingerprint density at radius 3 is 2.93 bits per heavy atom. The minimum Gasteiger partial charge on any atom is -0.324 e. The molecule has 1 aromatic carbocycles. The van der Waals surface area contributed by atoms with Gasteiger partial charge in [0.25, 0.3) is 0 Å². The Balaban J connectivity index is 2.95. The van der Waals surface area contributed by atoms with Gasteiger partial charge in [-0.25, -0.2) is 4.39 Å². The average Bonchev–Trinajstić information content (AvgIpc) is 2.13. The molecular weight excluding hydrogens is 310 g/mol. The lowest BCUT2D eigenvalue weighted by molar-refractivity contribution is -0.115. The Labute approximate surface area is 100 Å². The molecule has 1 aromatic rings. The van der Waals surface area contributed by atoms with Crippen molar-refractivity contribution in [3.05, 3.63) is 27.1 Å². The normalized spacial score (nSPS) is 9.47. The van der Waals surface area contributed by atoms with Crippen LogP contribution >= 0.6 is 22.6 Å². The van der Waals surface area contributed by atoms with Crippen LogP contribution in [0.1, 0.15) is 12.0 Å². The van der Waals surface area contributed by atoms with Crippen LogP contribution in [0.15, 0.2) is 12.1 Å². The molecule has 0 heterocycles. The summed E-state index contributed by atoms with van der Waals surface area (Å²) in [5.74, 6) is -0.833. The van der Waals surface area contributed by atoms with Gasteiger partial charge in [-0.15, -0.1) is 0 Å². The zero-order valence-electron chi connectivity index (χ0n) is 7.97. The maximum atomic E-state index is 13.0. The van der Waals surface area contributed by atoms with E-state index in [1.165, 1.54) is 12.1 Å². The summed E-state index contributed by atoms with van der Waals surface area (Å²) in [7, 11) is 0. The molecule has 0 aliphatic rings. The van der Waals surface area contributed by atoms with Crippen molar-refractivity contribution in [3.63, 3.8) is 0 Å². The molecule has 0 spiro atoms. The van der Waals surface area contributed by atoms with Crippen LogP contribution in [-0.4, -0.2) is 5.91 Å². The van der Waals surface area contributed by atoms with Gasteiger partial charge in [-0.2, -0.15) is 5.26 Å². The zero-order valence-corrected chi connectivity index (χ0v) is 10.1. The highest BCUT2D eigenvalue weighted by Crippen LogP contribution is 2.23. The third-order valence-corrected chi connectivity index (χ3v) is 3.16. The molecule has 0 aliphatic heterocycles. The summed E-state index contributed by atoms with van der Waals surface area (Å²) in [5, 5.41) is 10.8. The zero-order chi connectivity index (χ0) is 11.4. The van der Waals surface area contributed by atoms with Gasteiger partial charge >= 0.3 is 0 Å². The van der Waals surface area contributed by atoms with Gasteiger partial charge in [0.15, 0.2) is 0 Å². The van der Waals surface area contributed by atoms with Gasteiger partial charge in [0.1, 0.15) is 12.2 Å². The molecule has 1 amide bonds. The summed E-state index contributed by atoms with van der Waals surface area (Å²) in [6, 6.07) is 4.36. The molecule has 0 saturated carbocycles. The first kappa shape index (κ1) is 11.9. The summed E-state index contributed by atoms with van der Waals surface area (Å²) in [6.07, 6.45) is -0.231. The molecule has 3 nitrogen and oxygen atoms in total. The van der Waals surface area contributed by atoms with Crippen LogP contribution in [0.5, 0.6) is 0 Å². The molecule has 78 valence electrons. The van der Waals surface area contributed by atoms with Gasteiger partial charge in [0, 0.05) is 3.57 Å². The van der Waals surface area contributed by atoms with Crippen molar-refractivity contribution in [1.29, 1.82) is 5.26 Å². The number of carbonyl (C=O) groups is 1. The molecule has 0 aromatic heterocycles. The largest absolute Gasteiger partial charge is 0.324 e. The lowest BCUT2D eigenvalue weighted by atomic mass is 10.2. The second kappa shape index (κ2) is 5.07. The highest BCUT2D eigenvalue weighted by atomic mass is 127. The molecule has 0 fully saturated rings. The predicted octanol–water partition coefficient (Wildman–Crippen LogP) is 2.59. The summed E-state index contributed by atoms with van der Waals surface area (Å²) in [4.78, 5) is 11.1. The molecule has 0 atom stereocenters. The number of amides is 1. The van der Waals surface area contributed by atoms with Crippen LogP contribution in [0.25, 0.3) is 0 Å². The maximum Gasteiger partial charge on any atom is 0.238 e. The lowest BCUT2D eigenvalue weighted by Crippen LogP contribution is -2.11. The first-order valence-electron chi connectivity index (χ1n) is 4.17. The first-order chi connectivity index (χ1) is 7.04. The average molecular weight is 318 g/mol. The number of nitrogens with one attached hydrogen (secondary N) is 1. The number of hydrogen-bond donors (Lipinski definition) is 1. The highest BCUT2D eigenvalue weighted by molar-refractivity contribution is 14.1. The van der Waals surface area contributed by atoms with E-state index in [1.54, 1.807) is 13.0 Å². The van der Waals surface area contributed by atoms with E-state index in [0.29, 0.717) is 5.69 Å². The minimum absolute atomic E-state index is 0.231. The van der Waals surface area contributed by atoms with E-state index < -0.39 is 11.7 Å². The summed E-state index contributed by atoms with van der Waals surface area (Å²) >= 11 is 2.02. The van der Waals surface area contributed by atoms with Gasteiger partial charge in [0.05, 0.1) is 11.8 Å². The summed E-state index contributed by atoms with van der Waals surface area (Å²) in [6.45, 7) is 1.75. The van der Waals surface area contributed by atoms with Crippen LogP contribution in [0.2, 0.25) is 0 Å². The van der Waals surface area contributed by atoms with Gasteiger partial charge in [-0.1, -0.05) is 0 Å². The summed E-state index contributed by atoms with van der Waals surface area (Å²) < 4.78 is 13.8. The SMILES string of the molecule is Cc1cc(F)cc(NC(=O)CC#N)c1I. The topological polar surface area (TPSA) is 52.9 Å². The van der Waals surface area contributed by atoms with Gasteiger partial charge in [-0.05, 0) is 47.2 Å². The van der Waals surface area contributed by atoms with Crippen molar-refractivity contribution >= 4 is 34.2 Å². The molecule has 0 bridgehead atoms. The van der Waals surface area contributed by atoms with Crippen LogP contribution in [0, 0.1) is 27.6 Å². The molecule has 1 N–H and O–H groups in total. The number of anilines is 1. The van der Waals surface area contributed by atoms with Crippen molar-refractivity contribution in [1.82, 2.24) is 0 Å². The van der Waals surface area contributed by atoms with E-state index in [4.69, 9.17) is 5.26 Å². The Morgan fingerprint density at radius 2 is 2.33 bits per heavy atom. The van der Waals surface area contributed by atoms with Gasteiger partial charge in [0.2, 0.25) is 5.91 Å². The number of hydrogen-bond acceptors (Lipinski definition) is 2. The Kier molecular flexibility index (Phi) is 4.03. The maximum absolute atomic E-state index is 13.0. The number of carbonyl (C=O) groups excluding carboxylic acids is 1. The second-order valence-corrected chi connectivity index (χ2v) is 4.05. The number of nitriles is 1. The van der Waals surface area contributed by atoms with Crippen molar-refractivity contribution < 1.29 is 9.18 Å². The fourth-order valence-electron chi connectivity index (χ4n) is 1.08. The van der Waals surface area contributed by atoms with E-state index in [1.807, 2.05) is 22.6 Å². The molecule has 0 aliphatic carbocycles. The fourth-order valence-corrected chi connectivity index (χ4v) is 1.53. The van der Waals surface area contributed by atoms with Crippen molar-refractivity contribution in [2.45, 2.75) is 13.3 Å². The predicted molar refractivity (Wildman–Crippen MR) is 62.7 cm³/mol. The van der Waals surface area contributed by atoms with Crippen LogP contribution in [0.4, 0.5) is 10.1 Å². The minimum atomic E-state index is -0.430. The molecule has 0 saturated heterocycles. The first-order valence-corrected chi connectivity index (χ1v) is 5.25. The monoisotopic (exact) mass is 318 g/mol. The standard InChI is InChI=1S/C10H8FIN2O/c1-6-4-7(11)5-8(10(6)12)14-9(15)2-3-13/h4-5H,2H2,1H3,(H,14,15). The third kappa shape index (κ3) is 3.16. The van der Waals surface area contributed by atoms with Crippen molar-refractivity contribution in [3.8, 4) is 6.07 Å². The fraction of sp³-hybridized carbons (Fsp3) is 0.200. The molecule has 5 heteroatoms. The Hall–Kier alpha value is -1.16. The second-order valence-electron chi connectivity index (χ2n) is 2.97. The van der Waals surface area contributed by atoms with E-state index in [2.05, 4.69) is 5.32 Å². The molecule has 15 heavy (non-hydrogen) atoms. The summed E-state index contributed by atoms with van der Waals surface area (Å²) in [5.41, 5.74) is 1.16. The number of nitrogens with zero attached hydrogens (tertiary/aromatic N) is 1. The van der Waals surface area contributed by atoms with Gasteiger partial charge < -0.3 is 5.32 Å².